The van der Waals surface area contributed by atoms with Crippen LogP contribution in [0.15, 0.2) is 0 Å². The molecule has 0 radical (unpaired) electrons. The van der Waals surface area contributed by atoms with Crippen LogP contribution in [-0.4, -0.2) is 13.1 Å². The van der Waals surface area contributed by atoms with E-state index in [4.69, 9.17) is 0 Å². The molecule has 1 saturated heterocycles. The van der Waals surface area contributed by atoms with Gasteiger partial charge in [-0.25, -0.2) is 0 Å². The summed E-state index contributed by atoms with van der Waals surface area (Å²) < 4.78 is 0. The van der Waals surface area contributed by atoms with Gasteiger partial charge in [0.05, 0.1) is 0 Å². The van der Waals surface area contributed by atoms with Gasteiger partial charge in [0.2, 0.25) is 0 Å². The summed E-state index contributed by atoms with van der Waals surface area (Å²) in [7, 11) is 0. The van der Waals surface area contributed by atoms with E-state index in [-0.39, 0.29) is 0 Å². The molecule has 1 nitrogen and oxygen atoms in total. The van der Waals surface area contributed by atoms with Crippen molar-refractivity contribution in [2.75, 3.05) is 13.1 Å². The molecule has 0 spiro atoms. The Bertz CT molecular complexity index is 122. The molecular formula is C11H23N. The number of hydrogen-bond acceptors (Lipinski definition) is 1. The van der Waals surface area contributed by atoms with Gasteiger partial charge < -0.3 is 5.32 Å². The number of hydrogen-bond donors (Lipinski definition) is 1. The normalized spacial score (nSPS) is 39.8. The van der Waals surface area contributed by atoms with Gasteiger partial charge in [-0.3, -0.25) is 0 Å². The lowest BCUT2D eigenvalue weighted by Crippen LogP contribution is -2.18. The summed E-state index contributed by atoms with van der Waals surface area (Å²) in [6.45, 7) is 9.63. The molecule has 12 heavy (non-hydrogen) atoms. The van der Waals surface area contributed by atoms with Gasteiger partial charge >= 0.3 is 0 Å². The van der Waals surface area contributed by atoms with Crippen molar-refractivity contribution in [3.63, 3.8) is 0 Å². The van der Waals surface area contributed by atoms with Crippen molar-refractivity contribution in [1.82, 2.24) is 5.32 Å². The van der Waals surface area contributed by atoms with E-state index in [2.05, 4.69) is 26.1 Å². The number of rotatable bonds is 0. The summed E-state index contributed by atoms with van der Waals surface area (Å²) in [5.41, 5.74) is 0. The van der Waals surface area contributed by atoms with Gasteiger partial charge in [0.25, 0.3) is 0 Å². The molecule has 3 atom stereocenters. The molecule has 72 valence electrons. The van der Waals surface area contributed by atoms with Gasteiger partial charge in [0.15, 0.2) is 0 Å². The zero-order valence-corrected chi connectivity index (χ0v) is 8.77. The van der Waals surface area contributed by atoms with Gasteiger partial charge in [-0.2, -0.15) is 0 Å². The molecule has 1 N–H and O–H groups in total. The first-order valence-corrected chi connectivity index (χ1v) is 5.41. The molecule has 0 amide bonds. The van der Waals surface area contributed by atoms with Gasteiger partial charge in [-0.15, -0.1) is 0 Å². The second kappa shape index (κ2) is 4.86. The molecule has 1 heteroatoms. The van der Waals surface area contributed by atoms with E-state index < -0.39 is 0 Å². The first-order chi connectivity index (χ1) is 5.70. The highest BCUT2D eigenvalue weighted by Crippen LogP contribution is 2.24. The molecule has 0 bridgehead atoms. The topological polar surface area (TPSA) is 12.0 Å². The van der Waals surface area contributed by atoms with Crippen LogP contribution in [0.2, 0.25) is 0 Å². The highest BCUT2D eigenvalue weighted by molar-refractivity contribution is 4.69. The lowest BCUT2D eigenvalue weighted by Gasteiger charge is -2.20. The summed E-state index contributed by atoms with van der Waals surface area (Å²) in [5, 5.41) is 3.51. The fourth-order valence-electron chi connectivity index (χ4n) is 2.07. The Hall–Kier alpha value is -0.0400. The Kier molecular flexibility index (Phi) is 4.07. The second-order valence-corrected chi connectivity index (χ2v) is 4.62. The molecular weight excluding hydrogens is 146 g/mol. The Morgan fingerprint density at radius 3 is 2.33 bits per heavy atom. The van der Waals surface area contributed by atoms with E-state index in [0.29, 0.717) is 0 Å². The van der Waals surface area contributed by atoms with Crippen molar-refractivity contribution in [3.8, 4) is 0 Å². The van der Waals surface area contributed by atoms with Crippen LogP contribution in [-0.2, 0) is 0 Å². The molecule has 0 aliphatic carbocycles. The van der Waals surface area contributed by atoms with Crippen molar-refractivity contribution in [1.29, 1.82) is 0 Å². The summed E-state index contributed by atoms with van der Waals surface area (Å²) in [5.74, 6) is 2.73. The van der Waals surface area contributed by atoms with Crippen molar-refractivity contribution in [2.24, 2.45) is 17.8 Å². The lowest BCUT2D eigenvalue weighted by molar-refractivity contribution is 0.307. The molecule has 0 aromatic carbocycles. The highest BCUT2D eigenvalue weighted by Gasteiger charge is 2.16. The summed E-state index contributed by atoms with van der Waals surface area (Å²) >= 11 is 0. The lowest BCUT2D eigenvalue weighted by atomic mass is 9.85. The third kappa shape index (κ3) is 3.14. The van der Waals surface area contributed by atoms with Crippen LogP contribution in [0.4, 0.5) is 0 Å². The van der Waals surface area contributed by atoms with Crippen LogP contribution >= 0.6 is 0 Å². The average molecular weight is 169 g/mol. The molecule has 0 aromatic heterocycles. The van der Waals surface area contributed by atoms with E-state index in [1.165, 1.54) is 32.4 Å². The molecule has 0 aromatic rings. The predicted molar refractivity (Wildman–Crippen MR) is 54.2 cm³/mol. The zero-order valence-electron chi connectivity index (χ0n) is 8.77. The van der Waals surface area contributed by atoms with Crippen molar-refractivity contribution >= 4 is 0 Å². The van der Waals surface area contributed by atoms with Crippen LogP contribution in [0.3, 0.4) is 0 Å². The SMILES string of the molecule is CC1CCNCCC(C)C(C)C1. The Labute approximate surface area is 76.9 Å². The van der Waals surface area contributed by atoms with Gasteiger partial charge in [-0.05, 0) is 50.1 Å². The first kappa shape index (κ1) is 10.0. The monoisotopic (exact) mass is 169 g/mol. The predicted octanol–water partition coefficient (Wildman–Crippen LogP) is 2.67. The Morgan fingerprint density at radius 1 is 0.917 bits per heavy atom. The molecule has 0 saturated carbocycles. The van der Waals surface area contributed by atoms with Crippen LogP contribution < -0.4 is 5.32 Å². The standard InChI is InChI=1S/C11H23N/c1-9-4-6-12-7-5-10(2)11(3)8-9/h9-12H,4-8H2,1-3H3. The van der Waals surface area contributed by atoms with Crippen LogP contribution in [0.1, 0.15) is 40.0 Å². The molecule has 1 aliphatic rings. The van der Waals surface area contributed by atoms with Crippen molar-refractivity contribution < 1.29 is 0 Å². The van der Waals surface area contributed by atoms with E-state index in [0.717, 1.165) is 17.8 Å². The van der Waals surface area contributed by atoms with E-state index >= 15 is 0 Å². The van der Waals surface area contributed by atoms with Crippen molar-refractivity contribution in [3.05, 3.63) is 0 Å². The molecule has 1 fully saturated rings. The minimum Gasteiger partial charge on any atom is -0.317 e. The quantitative estimate of drug-likeness (QED) is 0.588. The molecule has 1 heterocycles. The summed E-state index contributed by atoms with van der Waals surface area (Å²) in [6.07, 6.45) is 4.13. The van der Waals surface area contributed by atoms with Crippen molar-refractivity contribution in [2.45, 2.75) is 40.0 Å². The van der Waals surface area contributed by atoms with Crippen LogP contribution in [0.25, 0.3) is 0 Å². The maximum Gasteiger partial charge on any atom is -0.00463 e. The largest absolute Gasteiger partial charge is 0.317 e. The summed E-state index contributed by atoms with van der Waals surface area (Å²) in [4.78, 5) is 0. The van der Waals surface area contributed by atoms with E-state index in [9.17, 15) is 0 Å². The maximum atomic E-state index is 3.51. The first-order valence-electron chi connectivity index (χ1n) is 5.41. The minimum absolute atomic E-state index is 0.901. The Balaban J connectivity index is 2.40. The fraction of sp³-hybridized carbons (Fsp3) is 1.00. The highest BCUT2D eigenvalue weighted by atomic mass is 14.8. The Morgan fingerprint density at radius 2 is 1.58 bits per heavy atom. The third-order valence-corrected chi connectivity index (χ3v) is 3.34. The fourth-order valence-corrected chi connectivity index (χ4v) is 2.07. The smallest absolute Gasteiger partial charge is 0.00463 e. The van der Waals surface area contributed by atoms with E-state index in [1.54, 1.807) is 0 Å². The summed E-state index contributed by atoms with van der Waals surface area (Å²) in [6, 6.07) is 0. The minimum atomic E-state index is 0.901. The second-order valence-electron chi connectivity index (χ2n) is 4.62. The number of nitrogens with one attached hydrogen (secondary N) is 1. The zero-order chi connectivity index (χ0) is 8.97. The van der Waals surface area contributed by atoms with Crippen LogP contribution in [0.5, 0.6) is 0 Å². The van der Waals surface area contributed by atoms with Gasteiger partial charge in [-0.1, -0.05) is 20.8 Å². The molecule has 3 unspecified atom stereocenters. The average Bonchev–Trinajstić information content (AvgIpc) is 2.07. The third-order valence-electron chi connectivity index (χ3n) is 3.34. The van der Waals surface area contributed by atoms with Gasteiger partial charge in [0, 0.05) is 0 Å². The maximum absolute atomic E-state index is 3.51. The molecule has 1 rings (SSSR count). The molecule has 1 aliphatic heterocycles. The van der Waals surface area contributed by atoms with Crippen LogP contribution in [0, 0.1) is 17.8 Å². The van der Waals surface area contributed by atoms with E-state index in [1.807, 2.05) is 0 Å². The van der Waals surface area contributed by atoms with Gasteiger partial charge in [0.1, 0.15) is 0 Å².